The van der Waals surface area contributed by atoms with Crippen molar-refractivity contribution in [3.8, 4) is 5.75 Å². The second kappa shape index (κ2) is 6.27. The summed E-state index contributed by atoms with van der Waals surface area (Å²) in [7, 11) is 0. The molecular formula is C16H24N2O2. The smallest absolute Gasteiger partial charge is 0.265 e. The third kappa shape index (κ3) is 2.96. The number of unbranched alkanes of at least 4 members (excludes halogenated alkanes) is 1. The minimum atomic E-state index is -0.0228. The van der Waals surface area contributed by atoms with E-state index in [4.69, 9.17) is 10.5 Å². The summed E-state index contributed by atoms with van der Waals surface area (Å²) in [4.78, 5) is 13.9. The quantitative estimate of drug-likeness (QED) is 0.899. The minimum absolute atomic E-state index is 0.0228. The molecule has 1 aromatic carbocycles. The Morgan fingerprint density at radius 2 is 2.15 bits per heavy atom. The van der Waals surface area contributed by atoms with Crippen molar-refractivity contribution in [2.75, 3.05) is 18.1 Å². The van der Waals surface area contributed by atoms with Gasteiger partial charge < -0.3 is 15.4 Å². The molecule has 4 nitrogen and oxygen atoms in total. The van der Waals surface area contributed by atoms with Gasteiger partial charge in [-0.05, 0) is 30.0 Å². The number of hydrogen-bond donors (Lipinski definition) is 1. The van der Waals surface area contributed by atoms with Crippen molar-refractivity contribution < 1.29 is 9.53 Å². The van der Waals surface area contributed by atoms with Crippen LogP contribution >= 0.6 is 0 Å². The lowest BCUT2D eigenvalue weighted by Gasteiger charge is -2.30. The van der Waals surface area contributed by atoms with E-state index in [9.17, 15) is 4.79 Å². The Kier molecular flexibility index (Phi) is 4.65. The monoisotopic (exact) mass is 276 g/mol. The van der Waals surface area contributed by atoms with E-state index >= 15 is 0 Å². The van der Waals surface area contributed by atoms with Gasteiger partial charge in [-0.1, -0.05) is 33.3 Å². The molecule has 1 aliphatic heterocycles. The molecular weight excluding hydrogens is 252 g/mol. The zero-order valence-corrected chi connectivity index (χ0v) is 12.6. The Bertz CT molecular complexity index is 485. The average molecular weight is 276 g/mol. The van der Waals surface area contributed by atoms with E-state index < -0.39 is 0 Å². The van der Waals surface area contributed by atoms with Gasteiger partial charge in [0, 0.05) is 12.6 Å². The highest BCUT2D eigenvalue weighted by Crippen LogP contribution is 2.35. The number of carbonyl (C=O) groups excluding carboxylic acids is 1. The van der Waals surface area contributed by atoms with Crippen LogP contribution in [0.1, 0.15) is 45.2 Å². The van der Waals surface area contributed by atoms with Gasteiger partial charge in [-0.2, -0.15) is 0 Å². The molecule has 1 aromatic rings. The lowest BCUT2D eigenvalue weighted by atomic mass is 9.96. The third-order valence-electron chi connectivity index (χ3n) is 3.76. The lowest BCUT2D eigenvalue weighted by Crippen LogP contribution is -2.39. The van der Waals surface area contributed by atoms with Gasteiger partial charge in [0.2, 0.25) is 0 Å². The number of nitrogens with zero attached hydrogens (tertiary/aromatic N) is 1. The fourth-order valence-corrected chi connectivity index (χ4v) is 2.37. The van der Waals surface area contributed by atoms with Crippen LogP contribution in [-0.2, 0) is 4.79 Å². The van der Waals surface area contributed by atoms with Crippen molar-refractivity contribution in [1.29, 1.82) is 0 Å². The Morgan fingerprint density at radius 3 is 2.80 bits per heavy atom. The van der Waals surface area contributed by atoms with E-state index in [0.717, 1.165) is 36.4 Å². The van der Waals surface area contributed by atoms with Crippen molar-refractivity contribution in [3.63, 3.8) is 0 Å². The van der Waals surface area contributed by atoms with Crippen molar-refractivity contribution in [2.45, 2.75) is 39.7 Å². The predicted molar refractivity (Wildman–Crippen MR) is 81.0 cm³/mol. The molecule has 0 fully saturated rings. The normalized spacial score (nSPS) is 16.1. The maximum Gasteiger partial charge on any atom is 0.265 e. The number of ether oxygens (including phenoxy) is 1. The second-order valence-corrected chi connectivity index (χ2v) is 5.68. The van der Waals surface area contributed by atoms with Gasteiger partial charge in [0.15, 0.2) is 6.61 Å². The summed E-state index contributed by atoms with van der Waals surface area (Å²) >= 11 is 0. The fourth-order valence-electron chi connectivity index (χ4n) is 2.37. The van der Waals surface area contributed by atoms with Crippen molar-refractivity contribution in [2.24, 2.45) is 11.7 Å². The molecule has 0 saturated carbocycles. The lowest BCUT2D eigenvalue weighted by molar-refractivity contribution is -0.121. The molecule has 0 aliphatic carbocycles. The van der Waals surface area contributed by atoms with Crippen molar-refractivity contribution in [3.05, 3.63) is 23.8 Å². The molecule has 0 saturated heterocycles. The van der Waals surface area contributed by atoms with Crippen LogP contribution in [0.3, 0.4) is 0 Å². The highest BCUT2D eigenvalue weighted by Gasteiger charge is 2.26. The van der Waals surface area contributed by atoms with E-state index in [0.29, 0.717) is 5.92 Å². The van der Waals surface area contributed by atoms with Crippen LogP contribution in [-0.4, -0.2) is 19.1 Å². The van der Waals surface area contributed by atoms with Gasteiger partial charge in [0.1, 0.15) is 5.75 Å². The number of anilines is 1. The molecule has 2 N–H and O–H groups in total. The molecule has 4 heteroatoms. The van der Waals surface area contributed by atoms with E-state index in [-0.39, 0.29) is 18.6 Å². The Labute approximate surface area is 120 Å². The van der Waals surface area contributed by atoms with E-state index in [2.05, 4.69) is 20.8 Å². The topological polar surface area (TPSA) is 55.6 Å². The number of nitrogens with two attached hydrogens (primary N) is 1. The summed E-state index contributed by atoms with van der Waals surface area (Å²) in [5.41, 5.74) is 8.13. The number of fused-ring (bicyclic) bond motifs is 1. The summed E-state index contributed by atoms with van der Waals surface area (Å²) in [5, 5.41) is 0. The summed E-state index contributed by atoms with van der Waals surface area (Å²) in [6.45, 7) is 7.19. The van der Waals surface area contributed by atoms with Crippen LogP contribution in [0.25, 0.3) is 0 Å². The molecule has 1 amide bonds. The molecule has 0 bridgehead atoms. The number of amides is 1. The first kappa shape index (κ1) is 14.9. The molecule has 1 atom stereocenters. The van der Waals surface area contributed by atoms with Gasteiger partial charge in [-0.25, -0.2) is 0 Å². The molecule has 1 aliphatic rings. The van der Waals surface area contributed by atoms with Gasteiger partial charge in [-0.3, -0.25) is 4.79 Å². The first-order valence-corrected chi connectivity index (χ1v) is 7.37. The summed E-state index contributed by atoms with van der Waals surface area (Å²) in [6, 6.07) is 5.91. The summed E-state index contributed by atoms with van der Waals surface area (Å²) < 4.78 is 5.51. The van der Waals surface area contributed by atoms with Gasteiger partial charge in [0.05, 0.1) is 5.69 Å². The van der Waals surface area contributed by atoms with Gasteiger partial charge >= 0.3 is 0 Å². The van der Waals surface area contributed by atoms with E-state index in [1.165, 1.54) is 0 Å². The first-order valence-electron chi connectivity index (χ1n) is 7.37. The fraction of sp³-hybridized carbons (Fsp3) is 0.562. The molecule has 1 unspecified atom stereocenters. The van der Waals surface area contributed by atoms with Crippen molar-refractivity contribution >= 4 is 11.6 Å². The minimum Gasteiger partial charge on any atom is -0.482 e. The molecule has 0 spiro atoms. The average Bonchev–Trinajstić information content (AvgIpc) is 2.44. The summed E-state index contributed by atoms with van der Waals surface area (Å²) in [5.74, 6) is 1.17. The SMILES string of the molecule is CCCCN1C(=O)COc2ccc(C(N)C(C)C)cc21. The largest absolute Gasteiger partial charge is 0.482 e. The summed E-state index contributed by atoms with van der Waals surface area (Å²) in [6.07, 6.45) is 2.05. The molecule has 2 rings (SSSR count). The Morgan fingerprint density at radius 1 is 1.40 bits per heavy atom. The van der Waals surface area contributed by atoms with Crippen molar-refractivity contribution in [1.82, 2.24) is 0 Å². The maximum atomic E-state index is 12.0. The standard InChI is InChI=1S/C16H24N2O2/c1-4-5-8-18-13-9-12(16(17)11(2)3)6-7-14(13)20-10-15(18)19/h6-7,9,11,16H,4-5,8,10,17H2,1-3H3. The molecule has 0 radical (unpaired) electrons. The van der Waals surface area contributed by atoms with Crippen LogP contribution in [0.15, 0.2) is 18.2 Å². The van der Waals surface area contributed by atoms with Gasteiger partial charge in [0.25, 0.3) is 5.91 Å². The highest BCUT2D eigenvalue weighted by atomic mass is 16.5. The van der Waals surface area contributed by atoms with Crippen LogP contribution in [0.4, 0.5) is 5.69 Å². The van der Waals surface area contributed by atoms with E-state index in [1.807, 2.05) is 23.1 Å². The van der Waals surface area contributed by atoms with Crippen LogP contribution in [0.2, 0.25) is 0 Å². The first-order chi connectivity index (χ1) is 9.54. The predicted octanol–water partition coefficient (Wildman–Crippen LogP) is 2.87. The molecule has 20 heavy (non-hydrogen) atoms. The zero-order valence-electron chi connectivity index (χ0n) is 12.6. The zero-order chi connectivity index (χ0) is 14.7. The van der Waals surface area contributed by atoms with E-state index in [1.54, 1.807) is 0 Å². The third-order valence-corrected chi connectivity index (χ3v) is 3.76. The van der Waals surface area contributed by atoms with Gasteiger partial charge in [-0.15, -0.1) is 0 Å². The van der Waals surface area contributed by atoms with Crippen LogP contribution in [0.5, 0.6) is 5.75 Å². The number of rotatable bonds is 5. The highest BCUT2D eigenvalue weighted by molar-refractivity contribution is 5.97. The number of benzene rings is 1. The number of hydrogen-bond acceptors (Lipinski definition) is 3. The van der Waals surface area contributed by atoms with Crippen LogP contribution < -0.4 is 15.4 Å². The number of carbonyl (C=O) groups is 1. The van der Waals surface area contributed by atoms with Crippen LogP contribution in [0, 0.1) is 5.92 Å². The second-order valence-electron chi connectivity index (χ2n) is 5.68. The Balaban J connectivity index is 2.33. The molecule has 110 valence electrons. The molecule has 1 heterocycles. The maximum absolute atomic E-state index is 12.0. The Hall–Kier alpha value is -1.55. The molecule has 0 aromatic heterocycles.